The van der Waals surface area contributed by atoms with Crippen LogP contribution in [0.5, 0.6) is 0 Å². The van der Waals surface area contributed by atoms with Gasteiger partial charge in [-0.1, -0.05) is 29.5 Å². The summed E-state index contributed by atoms with van der Waals surface area (Å²) in [7, 11) is 0. The third-order valence-corrected chi connectivity index (χ3v) is 6.88. The molecule has 6 nitrogen and oxygen atoms in total. The molecule has 3 aliphatic heterocycles. The fourth-order valence-corrected chi connectivity index (χ4v) is 5.05. The lowest BCUT2D eigenvalue weighted by Gasteiger charge is -2.42. The Labute approximate surface area is 163 Å². The summed E-state index contributed by atoms with van der Waals surface area (Å²) in [5.74, 6) is 0.181. The molecule has 3 fully saturated rings. The van der Waals surface area contributed by atoms with E-state index < -0.39 is 0 Å². The number of carbonyl (C=O) groups excluding carboxylic acids is 1. The minimum Gasteiger partial charge on any atom is -0.313 e. The topological polar surface area (TPSA) is 51.7 Å². The van der Waals surface area contributed by atoms with Crippen molar-refractivity contribution in [2.75, 3.05) is 50.7 Å². The number of nitrogens with zero attached hydrogens (tertiary/aromatic N) is 4. The number of carbonyl (C=O) groups is 1. The van der Waals surface area contributed by atoms with Gasteiger partial charge in [0.25, 0.3) is 0 Å². The largest absolute Gasteiger partial charge is 0.313 e. The standard InChI is InChI=1S/C20H25N5OS/c26-19-17-12-21-5-8-24(17)9-10-25(19)20-22-13-18(27-20)16-4-1-3-15(11-16)14-23-6-2-7-23/h1,3-4,11,13,17,21H,2,5-10,12,14H2/t17-/m1/s1. The number of piperazine rings is 2. The molecule has 1 atom stereocenters. The molecule has 0 spiro atoms. The maximum absolute atomic E-state index is 12.9. The number of rotatable bonds is 4. The van der Waals surface area contributed by atoms with E-state index in [-0.39, 0.29) is 11.9 Å². The molecule has 2 aromatic rings. The first-order valence-corrected chi connectivity index (χ1v) is 10.6. The molecule has 4 heterocycles. The third kappa shape index (κ3) is 3.40. The van der Waals surface area contributed by atoms with Crippen LogP contribution in [0.15, 0.2) is 30.5 Å². The van der Waals surface area contributed by atoms with Gasteiger partial charge in [-0.05, 0) is 36.7 Å². The van der Waals surface area contributed by atoms with E-state index in [1.54, 1.807) is 11.3 Å². The maximum atomic E-state index is 12.9. The second-order valence-electron chi connectivity index (χ2n) is 7.58. The SMILES string of the molecule is O=C1[C@H]2CNCCN2CCN1c1ncc(-c2cccc(CN3CCC3)c2)s1. The van der Waals surface area contributed by atoms with E-state index in [2.05, 4.69) is 44.4 Å². The molecular weight excluding hydrogens is 358 g/mol. The first kappa shape index (κ1) is 17.3. The maximum Gasteiger partial charge on any atom is 0.247 e. The molecule has 5 rings (SSSR count). The van der Waals surface area contributed by atoms with Crippen LogP contribution in [-0.2, 0) is 11.3 Å². The number of hydrogen-bond donors (Lipinski definition) is 1. The summed E-state index contributed by atoms with van der Waals surface area (Å²) in [6.07, 6.45) is 3.23. The normalized spacial score (nSPS) is 23.9. The van der Waals surface area contributed by atoms with Gasteiger partial charge in [0.15, 0.2) is 5.13 Å². The zero-order valence-electron chi connectivity index (χ0n) is 15.4. The summed E-state index contributed by atoms with van der Waals surface area (Å²) >= 11 is 1.62. The highest BCUT2D eigenvalue weighted by atomic mass is 32.1. The van der Waals surface area contributed by atoms with E-state index in [0.29, 0.717) is 0 Å². The number of hydrogen-bond acceptors (Lipinski definition) is 6. The number of nitrogens with one attached hydrogen (secondary N) is 1. The van der Waals surface area contributed by atoms with Crippen molar-refractivity contribution in [2.45, 2.75) is 19.0 Å². The minimum absolute atomic E-state index is 0.0419. The Balaban J connectivity index is 1.34. The molecule has 1 aromatic carbocycles. The van der Waals surface area contributed by atoms with Crippen LogP contribution in [0.25, 0.3) is 10.4 Å². The highest BCUT2D eigenvalue weighted by Gasteiger charge is 2.37. The van der Waals surface area contributed by atoms with Gasteiger partial charge in [-0.2, -0.15) is 0 Å². The molecule has 142 valence electrons. The number of likely N-dealkylation sites (tertiary alicyclic amines) is 1. The van der Waals surface area contributed by atoms with Crippen molar-refractivity contribution in [1.29, 1.82) is 0 Å². The predicted octanol–water partition coefficient (Wildman–Crippen LogP) is 1.64. The van der Waals surface area contributed by atoms with E-state index in [9.17, 15) is 4.79 Å². The van der Waals surface area contributed by atoms with Crippen LogP contribution in [-0.4, -0.2) is 72.5 Å². The van der Waals surface area contributed by atoms with Gasteiger partial charge in [0.2, 0.25) is 5.91 Å². The Morgan fingerprint density at radius 2 is 2.11 bits per heavy atom. The van der Waals surface area contributed by atoms with Crippen LogP contribution < -0.4 is 10.2 Å². The number of amides is 1. The van der Waals surface area contributed by atoms with E-state index >= 15 is 0 Å². The first-order valence-electron chi connectivity index (χ1n) is 9.81. The van der Waals surface area contributed by atoms with Crippen molar-refractivity contribution in [3.8, 4) is 10.4 Å². The number of anilines is 1. The lowest BCUT2D eigenvalue weighted by Crippen LogP contribution is -2.64. The van der Waals surface area contributed by atoms with Crippen molar-refractivity contribution in [2.24, 2.45) is 0 Å². The number of aromatic nitrogens is 1. The smallest absolute Gasteiger partial charge is 0.247 e. The molecule has 1 amide bonds. The van der Waals surface area contributed by atoms with Gasteiger partial charge in [-0.15, -0.1) is 0 Å². The summed E-state index contributed by atoms with van der Waals surface area (Å²) in [6, 6.07) is 8.69. The molecule has 3 saturated heterocycles. The molecule has 27 heavy (non-hydrogen) atoms. The van der Waals surface area contributed by atoms with Gasteiger partial charge in [-0.3, -0.25) is 19.5 Å². The van der Waals surface area contributed by atoms with Gasteiger partial charge >= 0.3 is 0 Å². The molecule has 3 aliphatic rings. The quantitative estimate of drug-likeness (QED) is 0.870. The molecule has 1 N–H and O–H groups in total. The zero-order valence-corrected chi connectivity index (χ0v) is 16.2. The summed E-state index contributed by atoms with van der Waals surface area (Å²) in [5, 5.41) is 4.17. The Bertz CT molecular complexity index is 833. The van der Waals surface area contributed by atoms with E-state index in [1.165, 1.54) is 30.6 Å². The van der Waals surface area contributed by atoms with Crippen LogP contribution in [0.4, 0.5) is 5.13 Å². The lowest BCUT2D eigenvalue weighted by atomic mass is 10.1. The zero-order chi connectivity index (χ0) is 18.2. The number of benzene rings is 1. The van der Waals surface area contributed by atoms with E-state index in [1.807, 2.05) is 11.1 Å². The van der Waals surface area contributed by atoms with Crippen LogP contribution in [0.1, 0.15) is 12.0 Å². The number of fused-ring (bicyclic) bond motifs is 1. The van der Waals surface area contributed by atoms with Gasteiger partial charge < -0.3 is 5.32 Å². The Morgan fingerprint density at radius 1 is 1.19 bits per heavy atom. The van der Waals surface area contributed by atoms with E-state index in [4.69, 9.17) is 0 Å². The molecule has 1 aromatic heterocycles. The summed E-state index contributed by atoms with van der Waals surface area (Å²) < 4.78 is 0. The van der Waals surface area contributed by atoms with Gasteiger partial charge in [-0.25, -0.2) is 4.98 Å². The molecule has 0 saturated carbocycles. The van der Waals surface area contributed by atoms with Crippen molar-refractivity contribution in [3.63, 3.8) is 0 Å². The molecule has 0 bridgehead atoms. The van der Waals surface area contributed by atoms with Crippen LogP contribution in [0, 0.1) is 0 Å². The highest BCUT2D eigenvalue weighted by Crippen LogP contribution is 2.33. The van der Waals surface area contributed by atoms with Gasteiger partial charge in [0.1, 0.15) is 6.04 Å². The van der Waals surface area contributed by atoms with Crippen molar-refractivity contribution in [1.82, 2.24) is 20.1 Å². The second-order valence-corrected chi connectivity index (χ2v) is 8.59. The second kappa shape index (κ2) is 7.31. The molecule has 0 aliphatic carbocycles. The summed E-state index contributed by atoms with van der Waals surface area (Å²) in [5.41, 5.74) is 2.54. The monoisotopic (exact) mass is 383 g/mol. The average Bonchev–Trinajstić information content (AvgIpc) is 3.15. The average molecular weight is 384 g/mol. The Kier molecular flexibility index (Phi) is 4.69. The highest BCUT2D eigenvalue weighted by molar-refractivity contribution is 7.19. The van der Waals surface area contributed by atoms with Gasteiger partial charge in [0.05, 0.1) is 4.88 Å². The van der Waals surface area contributed by atoms with E-state index in [0.717, 1.165) is 49.3 Å². The third-order valence-electron chi connectivity index (χ3n) is 5.81. The molecule has 0 radical (unpaired) electrons. The van der Waals surface area contributed by atoms with Crippen molar-refractivity contribution >= 4 is 22.4 Å². The number of thiazole rings is 1. The summed E-state index contributed by atoms with van der Waals surface area (Å²) in [6.45, 7) is 7.77. The van der Waals surface area contributed by atoms with Gasteiger partial charge in [0, 0.05) is 45.5 Å². The molecule has 7 heteroatoms. The predicted molar refractivity (Wildman–Crippen MR) is 108 cm³/mol. The van der Waals surface area contributed by atoms with Crippen LogP contribution in [0.3, 0.4) is 0 Å². The lowest BCUT2D eigenvalue weighted by molar-refractivity contribution is -0.126. The fraction of sp³-hybridized carbons (Fsp3) is 0.500. The minimum atomic E-state index is -0.0419. The molecular formula is C20H25N5OS. The Morgan fingerprint density at radius 3 is 2.96 bits per heavy atom. The van der Waals surface area contributed by atoms with Crippen LogP contribution in [0.2, 0.25) is 0 Å². The van der Waals surface area contributed by atoms with Crippen molar-refractivity contribution < 1.29 is 4.79 Å². The Hall–Kier alpha value is -1.80. The van der Waals surface area contributed by atoms with Crippen LogP contribution >= 0.6 is 11.3 Å². The fourth-order valence-electron chi connectivity index (χ4n) is 4.11. The summed E-state index contributed by atoms with van der Waals surface area (Å²) in [4.78, 5) is 25.3. The molecule has 0 unspecified atom stereocenters. The first-order chi connectivity index (χ1) is 13.3. The van der Waals surface area contributed by atoms with Crippen molar-refractivity contribution in [3.05, 3.63) is 36.0 Å².